The van der Waals surface area contributed by atoms with Crippen LogP contribution in [0.25, 0.3) is 0 Å². The van der Waals surface area contributed by atoms with Crippen molar-refractivity contribution in [2.75, 3.05) is 18.5 Å². The second kappa shape index (κ2) is 9.40. The van der Waals surface area contributed by atoms with Gasteiger partial charge >= 0.3 is 0 Å². The lowest BCUT2D eigenvalue weighted by Crippen LogP contribution is -2.33. The summed E-state index contributed by atoms with van der Waals surface area (Å²) in [7, 11) is 0. The largest absolute Gasteiger partial charge is 0.484 e. The fraction of sp³-hybridized carbons (Fsp3) is 0.391. The average molecular weight is 380 g/mol. The van der Waals surface area contributed by atoms with Crippen molar-refractivity contribution in [2.24, 2.45) is 11.8 Å². The maximum Gasteiger partial charge on any atom is 0.257 e. The predicted molar refractivity (Wildman–Crippen MR) is 110 cm³/mol. The van der Waals surface area contributed by atoms with E-state index in [1.165, 1.54) is 5.56 Å². The first kappa shape index (κ1) is 19.9. The number of rotatable bonds is 9. The van der Waals surface area contributed by atoms with Crippen LogP contribution in [-0.2, 0) is 9.59 Å². The molecule has 2 aromatic rings. The molecule has 0 aliphatic heterocycles. The van der Waals surface area contributed by atoms with Gasteiger partial charge in [0.1, 0.15) is 5.75 Å². The SMILES string of the molecule is CC(C)C(CNC(=O)COc1cccc(NC(=O)C2CC2)c1)c1ccccc1. The fourth-order valence-electron chi connectivity index (χ4n) is 3.12. The lowest BCUT2D eigenvalue weighted by atomic mass is 9.88. The Bertz CT molecular complexity index is 801. The van der Waals surface area contributed by atoms with E-state index in [0.29, 0.717) is 23.9 Å². The molecule has 0 aromatic heterocycles. The van der Waals surface area contributed by atoms with Gasteiger partial charge in [0, 0.05) is 30.1 Å². The Balaban J connectivity index is 1.47. The highest BCUT2D eigenvalue weighted by molar-refractivity contribution is 5.94. The van der Waals surface area contributed by atoms with Gasteiger partial charge in [0.05, 0.1) is 0 Å². The first-order valence-corrected chi connectivity index (χ1v) is 9.88. The molecule has 2 aromatic carbocycles. The standard InChI is InChI=1S/C23H28N2O3/c1-16(2)21(17-7-4-3-5-8-17)14-24-22(26)15-28-20-10-6-9-19(13-20)25-23(27)18-11-12-18/h3-10,13,16,18,21H,11-12,14-15H2,1-2H3,(H,24,26)(H,25,27). The number of carbonyl (C=O) groups is 2. The normalized spacial score (nSPS) is 14.4. The third kappa shape index (κ3) is 5.84. The molecule has 0 saturated heterocycles. The van der Waals surface area contributed by atoms with Gasteiger partial charge in [0.2, 0.25) is 5.91 Å². The van der Waals surface area contributed by atoms with Crippen molar-refractivity contribution in [3.05, 3.63) is 60.2 Å². The third-order valence-corrected chi connectivity index (χ3v) is 4.97. The molecule has 28 heavy (non-hydrogen) atoms. The van der Waals surface area contributed by atoms with E-state index in [2.05, 4.69) is 36.6 Å². The first-order valence-electron chi connectivity index (χ1n) is 9.88. The molecule has 2 amide bonds. The zero-order valence-corrected chi connectivity index (χ0v) is 16.5. The summed E-state index contributed by atoms with van der Waals surface area (Å²) in [6.07, 6.45) is 1.92. The van der Waals surface area contributed by atoms with E-state index >= 15 is 0 Å². The van der Waals surface area contributed by atoms with Crippen molar-refractivity contribution in [1.82, 2.24) is 5.32 Å². The molecular formula is C23H28N2O3. The molecule has 1 atom stereocenters. The van der Waals surface area contributed by atoms with E-state index in [0.717, 1.165) is 12.8 Å². The van der Waals surface area contributed by atoms with E-state index in [1.54, 1.807) is 18.2 Å². The van der Waals surface area contributed by atoms with Gasteiger partial charge in [-0.05, 0) is 36.5 Å². The van der Waals surface area contributed by atoms with Gasteiger partial charge in [0.25, 0.3) is 5.91 Å². The number of hydrogen-bond donors (Lipinski definition) is 2. The van der Waals surface area contributed by atoms with Crippen LogP contribution in [0.2, 0.25) is 0 Å². The van der Waals surface area contributed by atoms with Crippen LogP contribution in [0.1, 0.15) is 38.2 Å². The molecule has 3 rings (SSSR count). The number of hydrogen-bond acceptors (Lipinski definition) is 3. The highest BCUT2D eigenvalue weighted by Crippen LogP contribution is 2.30. The minimum atomic E-state index is -0.158. The summed E-state index contributed by atoms with van der Waals surface area (Å²) in [6.45, 7) is 4.82. The highest BCUT2D eigenvalue weighted by atomic mass is 16.5. The maximum absolute atomic E-state index is 12.2. The molecule has 0 radical (unpaired) electrons. The molecule has 1 saturated carbocycles. The van der Waals surface area contributed by atoms with Gasteiger partial charge in [-0.15, -0.1) is 0 Å². The number of benzene rings is 2. The van der Waals surface area contributed by atoms with Crippen LogP contribution in [0.5, 0.6) is 5.75 Å². The molecule has 1 aliphatic carbocycles. The number of carbonyl (C=O) groups excluding carboxylic acids is 2. The molecule has 2 N–H and O–H groups in total. The van der Waals surface area contributed by atoms with Gasteiger partial charge in [-0.3, -0.25) is 9.59 Å². The van der Waals surface area contributed by atoms with Crippen molar-refractivity contribution >= 4 is 17.5 Å². The number of ether oxygens (including phenoxy) is 1. The maximum atomic E-state index is 12.2. The van der Waals surface area contributed by atoms with E-state index < -0.39 is 0 Å². The average Bonchev–Trinajstić information content (AvgIpc) is 3.53. The Morgan fingerprint density at radius 3 is 2.50 bits per heavy atom. The van der Waals surface area contributed by atoms with Crippen LogP contribution in [0, 0.1) is 11.8 Å². The van der Waals surface area contributed by atoms with Gasteiger partial charge < -0.3 is 15.4 Å². The highest BCUT2D eigenvalue weighted by Gasteiger charge is 2.29. The molecule has 1 unspecified atom stereocenters. The van der Waals surface area contributed by atoms with Gasteiger partial charge in [-0.1, -0.05) is 50.2 Å². The van der Waals surface area contributed by atoms with E-state index in [9.17, 15) is 9.59 Å². The van der Waals surface area contributed by atoms with Crippen LogP contribution in [0.4, 0.5) is 5.69 Å². The summed E-state index contributed by atoms with van der Waals surface area (Å²) in [4.78, 5) is 24.1. The van der Waals surface area contributed by atoms with Crippen molar-refractivity contribution < 1.29 is 14.3 Å². The topological polar surface area (TPSA) is 67.4 Å². The summed E-state index contributed by atoms with van der Waals surface area (Å²) in [5.41, 5.74) is 1.91. The minimum Gasteiger partial charge on any atom is -0.484 e. The summed E-state index contributed by atoms with van der Waals surface area (Å²) in [6, 6.07) is 17.4. The fourth-order valence-corrected chi connectivity index (χ4v) is 3.12. The van der Waals surface area contributed by atoms with Crippen LogP contribution >= 0.6 is 0 Å². The van der Waals surface area contributed by atoms with Crippen LogP contribution in [-0.4, -0.2) is 25.0 Å². The van der Waals surface area contributed by atoms with E-state index in [-0.39, 0.29) is 30.3 Å². The van der Waals surface area contributed by atoms with Crippen molar-refractivity contribution in [2.45, 2.75) is 32.6 Å². The lowest BCUT2D eigenvalue weighted by molar-refractivity contribution is -0.123. The Labute approximate surface area is 166 Å². The molecule has 1 aliphatic rings. The summed E-state index contributed by atoms with van der Waals surface area (Å²) >= 11 is 0. The van der Waals surface area contributed by atoms with E-state index in [1.807, 2.05) is 24.3 Å². The Morgan fingerprint density at radius 2 is 1.82 bits per heavy atom. The molecule has 148 valence electrons. The number of nitrogens with one attached hydrogen (secondary N) is 2. The van der Waals surface area contributed by atoms with Crippen molar-refractivity contribution in [3.63, 3.8) is 0 Å². The lowest BCUT2D eigenvalue weighted by Gasteiger charge is -2.22. The van der Waals surface area contributed by atoms with Gasteiger partial charge in [-0.2, -0.15) is 0 Å². The molecule has 5 heteroatoms. The minimum absolute atomic E-state index is 0.0514. The molecule has 5 nitrogen and oxygen atoms in total. The molecule has 0 bridgehead atoms. The van der Waals surface area contributed by atoms with E-state index in [4.69, 9.17) is 4.74 Å². The molecule has 0 spiro atoms. The summed E-state index contributed by atoms with van der Waals surface area (Å²) in [5.74, 6) is 1.27. The molecular weight excluding hydrogens is 352 g/mol. The summed E-state index contributed by atoms with van der Waals surface area (Å²) in [5, 5.41) is 5.85. The van der Waals surface area contributed by atoms with Crippen molar-refractivity contribution in [3.8, 4) is 5.75 Å². The second-order valence-electron chi connectivity index (χ2n) is 7.65. The number of amides is 2. The zero-order valence-electron chi connectivity index (χ0n) is 16.5. The Hall–Kier alpha value is -2.82. The van der Waals surface area contributed by atoms with Crippen LogP contribution in [0.3, 0.4) is 0 Å². The second-order valence-corrected chi connectivity index (χ2v) is 7.65. The smallest absolute Gasteiger partial charge is 0.257 e. The van der Waals surface area contributed by atoms with Crippen LogP contribution in [0.15, 0.2) is 54.6 Å². The molecule has 1 fully saturated rings. The zero-order chi connectivity index (χ0) is 19.9. The Kier molecular flexibility index (Phi) is 6.69. The Morgan fingerprint density at radius 1 is 1.07 bits per heavy atom. The first-order chi connectivity index (χ1) is 13.5. The summed E-state index contributed by atoms with van der Waals surface area (Å²) < 4.78 is 5.60. The van der Waals surface area contributed by atoms with Gasteiger partial charge in [-0.25, -0.2) is 0 Å². The number of anilines is 1. The monoisotopic (exact) mass is 380 g/mol. The van der Waals surface area contributed by atoms with Crippen molar-refractivity contribution in [1.29, 1.82) is 0 Å². The third-order valence-electron chi connectivity index (χ3n) is 4.97. The molecule has 0 heterocycles. The predicted octanol–water partition coefficient (Wildman–Crippen LogP) is 3.97. The van der Waals surface area contributed by atoms with Crippen LogP contribution < -0.4 is 15.4 Å². The van der Waals surface area contributed by atoms with Gasteiger partial charge in [0.15, 0.2) is 6.61 Å². The quantitative estimate of drug-likeness (QED) is 0.692.